The molecule has 0 atom stereocenters. The van der Waals surface area contributed by atoms with Gasteiger partial charge in [-0.3, -0.25) is 0 Å². The molecule has 0 aliphatic carbocycles. The fourth-order valence-electron chi connectivity index (χ4n) is 1.23. The summed E-state index contributed by atoms with van der Waals surface area (Å²) in [5.41, 5.74) is 2.32. The number of rotatable bonds is 7. The van der Waals surface area contributed by atoms with Gasteiger partial charge in [0, 0.05) is 0 Å². The first-order valence-corrected chi connectivity index (χ1v) is 5.38. The average molecular weight is 206 g/mol. The van der Waals surface area contributed by atoms with E-state index in [2.05, 4.69) is 33.1 Å². The normalized spacial score (nSPS) is 12.5. The van der Waals surface area contributed by atoms with Crippen LogP contribution in [0.2, 0.25) is 0 Å². The van der Waals surface area contributed by atoms with Crippen molar-refractivity contribution in [2.75, 3.05) is 6.61 Å². The summed E-state index contributed by atoms with van der Waals surface area (Å²) >= 11 is 0. The second-order valence-electron chi connectivity index (χ2n) is 3.73. The fraction of sp³-hybridized carbons (Fsp3) is 0.429. The molecule has 84 valence electrons. The molecule has 0 unspecified atom stereocenters. The Kier molecular flexibility index (Phi) is 7.43. The van der Waals surface area contributed by atoms with E-state index in [-0.39, 0.29) is 0 Å². The molecular weight excluding hydrogens is 184 g/mol. The second-order valence-corrected chi connectivity index (χ2v) is 3.73. The van der Waals surface area contributed by atoms with Crippen LogP contribution in [-0.2, 0) is 4.74 Å². The highest BCUT2D eigenvalue weighted by Gasteiger charge is 1.95. The van der Waals surface area contributed by atoms with E-state index in [0.717, 1.165) is 24.2 Å². The molecule has 0 aromatic carbocycles. The summed E-state index contributed by atoms with van der Waals surface area (Å²) in [6, 6.07) is 0. The third kappa shape index (κ3) is 7.80. The Morgan fingerprint density at radius 1 is 1.27 bits per heavy atom. The van der Waals surface area contributed by atoms with Crippen LogP contribution >= 0.6 is 0 Å². The molecule has 0 radical (unpaired) electrons. The maximum absolute atomic E-state index is 5.52. The third-order valence-corrected chi connectivity index (χ3v) is 1.79. The van der Waals surface area contributed by atoms with Gasteiger partial charge in [-0.2, -0.15) is 0 Å². The van der Waals surface area contributed by atoms with Crippen molar-refractivity contribution in [1.29, 1.82) is 0 Å². The Morgan fingerprint density at radius 3 is 2.40 bits per heavy atom. The van der Waals surface area contributed by atoms with E-state index in [1.807, 2.05) is 13.0 Å². The molecule has 0 amide bonds. The van der Waals surface area contributed by atoms with Gasteiger partial charge in [0.2, 0.25) is 0 Å². The molecule has 0 N–H and O–H groups in total. The first-order valence-electron chi connectivity index (χ1n) is 5.38. The maximum Gasteiger partial charge on any atom is 0.119 e. The van der Waals surface area contributed by atoms with Crippen LogP contribution in [0.4, 0.5) is 0 Å². The minimum atomic E-state index is 0.537. The van der Waals surface area contributed by atoms with Crippen LogP contribution in [0.3, 0.4) is 0 Å². The van der Waals surface area contributed by atoms with Crippen molar-refractivity contribution in [1.82, 2.24) is 0 Å². The van der Waals surface area contributed by atoms with E-state index in [1.165, 1.54) is 5.57 Å². The number of allylic oxidation sites excluding steroid dienone is 4. The number of hydrogen-bond donors (Lipinski definition) is 0. The molecule has 1 heteroatoms. The lowest BCUT2D eigenvalue weighted by Crippen LogP contribution is -1.91. The van der Waals surface area contributed by atoms with E-state index in [1.54, 1.807) is 6.08 Å². The predicted octanol–water partition coefficient (Wildman–Crippen LogP) is 4.40. The second kappa shape index (κ2) is 8.10. The van der Waals surface area contributed by atoms with Crippen LogP contribution in [-0.4, -0.2) is 6.61 Å². The van der Waals surface area contributed by atoms with Crippen LogP contribution in [0.15, 0.2) is 48.3 Å². The van der Waals surface area contributed by atoms with E-state index < -0.39 is 0 Å². The monoisotopic (exact) mass is 206 g/mol. The van der Waals surface area contributed by atoms with Gasteiger partial charge in [-0.1, -0.05) is 43.7 Å². The molecule has 0 saturated carbocycles. The molecule has 15 heavy (non-hydrogen) atoms. The highest BCUT2D eigenvalue weighted by atomic mass is 16.5. The van der Waals surface area contributed by atoms with E-state index >= 15 is 0 Å². The summed E-state index contributed by atoms with van der Waals surface area (Å²) in [5.74, 6) is 0.869. The van der Waals surface area contributed by atoms with E-state index in [0.29, 0.717) is 6.61 Å². The Balaban J connectivity index is 4.55. The first-order chi connectivity index (χ1) is 7.10. The van der Waals surface area contributed by atoms with Crippen LogP contribution in [0.5, 0.6) is 0 Å². The molecule has 0 spiro atoms. The van der Waals surface area contributed by atoms with Crippen LogP contribution < -0.4 is 0 Å². The summed E-state index contributed by atoms with van der Waals surface area (Å²) in [5, 5.41) is 0. The standard InChI is InChI=1S/C14H22O/c1-6-8-13(5)11-14(10-12(3)4)15-9-7-2/h7,10-11H,2-3,6,8-9H2,1,4-5H3/b13-11+,14-10+. The van der Waals surface area contributed by atoms with E-state index in [4.69, 9.17) is 4.74 Å². The molecule has 1 nitrogen and oxygen atoms in total. The summed E-state index contributed by atoms with van der Waals surface area (Å²) in [7, 11) is 0. The number of hydrogen-bond acceptors (Lipinski definition) is 1. The van der Waals surface area contributed by atoms with Gasteiger partial charge in [0.15, 0.2) is 0 Å². The summed E-state index contributed by atoms with van der Waals surface area (Å²) in [4.78, 5) is 0. The van der Waals surface area contributed by atoms with Gasteiger partial charge < -0.3 is 4.74 Å². The van der Waals surface area contributed by atoms with Crippen molar-refractivity contribution >= 4 is 0 Å². The van der Waals surface area contributed by atoms with Crippen LogP contribution in [0.1, 0.15) is 33.6 Å². The lowest BCUT2D eigenvalue weighted by atomic mass is 10.1. The van der Waals surface area contributed by atoms with Crippen LogP contribution in [0, 0.1) is 0 Å². The van der Waals surface area contributed by atoms with E-state index in [9.17, 15) is 0 Å². The quantitative estimate of drug-likeness (QED) is 0.341. The Morgan fingerprint density at radius 2 is 1.93 bits per heavy atom. The third-order valence-electron chi connectivity index (χ3n) is 1.79. The van der Waals surface area contributed by atoms with Crippen molar-refractivity contribution in [3.05, 3.63) is 48.3 Å². The highest BCUT2D eigenvalue weighted by molar-refractivity contribution is 5.25. The van der Waals surface area contributed by atoms with Crippen molar-refractivity contribution in [2.24, 2.45) is 0 Å². The highest BCUT2D eigenvalue weighted by Crippen LogP contribution is 2.11. The minimum absolute atomic E-state index is 0.537. The molecule has 0 aliphatic rings. The summed E-state index contributed by atoms with van der Waals surface area (Å²) in [6.07, 6.45) is 8.02. The zero-order chi connectivity index (χ0) is 11.7. The lowest BCUT2D eigenvalue weighted by Gasteiger charge is -2.06. The molecule has 0 heterocycles. The zero-order valence-electron chi connectivity index (χ0n) is 10.2. The summed E-state index contributed by atoms with van der Waals surface area (Å²) in [6.45, 7) is 14.3. The van der Waals surface area contributed by atoms with Gasteiger partial charge in [0.25, 0.3) is 0 Å². The number of ether oxygens (including phenoxy) is 1. The lowest BCUT2D eigenvalue weighted by molar-refractivity contribution is 0.261. The van der Waals surface area contributed by atoms with Gasteiger partial charge in [-0.25, -0.2) is 0 Å². The minimum Gasteiger partial charge on any atom is -0.490 e. The molecular formula is C14H22O. The van der Waals surface area contributed by atoms with Crippen molar-refractivity contribution in [3.8, 4) is 0 Å². The zero-order valence-corrected chi connectivity index (χ0v) is 10.2. The van der Waals surface area contributed by atoms with Crippen molar-refractivity contribution in [3.63, 3.8) is 0 Å². The van der Waals surface area contributed by atoms with Crippen molar-refractivity contribution < 1.29 is 4.74 Å². The average Bonchev–Trinajstić information content (AvgIpc) is 2.13. The first kappa shape index (κ1) is 13.8. The molecule has 0 aliphatic heterocycles. The largest absolute Gasteiger partial charge is 0.490 e. The Bertz CT molecular complexity index is 269. The van der Waals surface area contributed by atoms with Gasteiger partial charge in [-0.15, -0.1) is 0 Å². The molecule has 0 bridgehead atoms. The Hall–Kier alpha value is -1.24. The fourth-order valence-corrected chi connectivity index (χ4v) is 1.23. The molecule has 0 fully saturated rings. The van der Waals surface area contributed by atoms with Gasteiger partial charge in [0.05, 0.1) is 0 Å². The smallest absolute Gasteiger partial charge is 0.119 e. The van der Waals surface area contributed by atoms with Crippen LogP contribution in [0.25, 0.3) is 0 Å². The van der Waals surface area contributed by atoms with Gasteiger partial charge in [0.1, 0.15) is 12.4 Å². The van der Waals surface area contributed by atoms with Gasteiger partial charge >= 0.3 is 0 Å². The molecule has 0 aromatic heterocycles. The summed E-state index contributed by atoms with van der Waals surface area (Å²) < 4.78 is 5.52. The molecule has 0 aromatic rings. The van der Waals surface area contributed by atoms with Crippen molar-refractivity contribution in [2.45, 2.75) is 33.6 Å². The molecule has 0 saturated heterocycles. The topological polar surface area (TPSA) is 9.23 Å². The maximum atomic E-state index is 5.52. The van der Waals surface area contributed by atoms with Gasteiger partial charge in [-0.05, 0) is 32.4 Å². The Labute approximate surface area is 93.8 Å². The molecule has 0 rings (SSSR count). The predicted molar refractivity (Wildman–Crippen MR) is 67.7 cm³/mol. The SMILES string of the molecule is C=CCOC(/C=C(\C)CCC)=C/C(=C)C.